The van der Waals surface area contributed by atoms with Crippen LogP contribution in [-0.2, 0) is 9.59 Å². The second-order valence-electron chi connectivity index (χ2n) is 4.27. The van der Waals surface area contributed by atoms with Crippen LogP contribution < -0.4 is 5.32 Å². The highest BCUT2D eigenvalue weighted by Gasteiger charge is 2.37. The molecule has 1 heterocycles. The molecule has 0 aromatic heterocycles. The van der Waals surface area contributed by atoms with E-state index in [0.717, 1.165) is 6.42 Å². The van der Waals surface area contributed by atoms with Gasteiger partial charge < -0.3 is 5.32 Å². The van der Waals surface area contributed by atoms with Gasteiger partial charge in [0.05, 0.1) is 6.04 Å². The number of nitrogens with one attached hydrogen (secondary N) is 1. The van der Waals surface area contributed by atoms with Gasteiger partial charge in [-0.3, -0.25) is 14.5 Å². The summed E-state index contributed by atoms with van der Waals surface area (Å²) in [6, 6.07) is -0.621. The summed E-state index contributed by atoms with van der Waals surface area (Å²) in [5.41, 5.74) is 5.21. The van der Waals surface area contributed by atoms with Crippen molar-refractivity contribution < 1.29 is 9.59 Å². The molecule has 16 heavy (non-hydrogen) atoms. The number of nitrogens with zero attached hydrogens (tertiary/aromatic N) is 1. The molecule has 1 rings (SSSR count). The van der Waals surface area contributed by atoms with E-state index in [1.807, 2.05) is 18.9 Å². The first-order chi connectivity index (χ1) is 7.51. The topological polar surface area (TPSA) is 49.4 Å². The molecule has 1 saturated heterocycles. The van der Waals surface area contributed by atoms with E-state index in [0.29, 0.717) is 17.7 Å². The Labute approximate surface area is 100.0 Å². The highest BCUT2D eigenvalue weighted by molar-refractivity contribution is 8.03. The molecule has 90 valence electrons. The normalized spacial score (nSPS) is 28.2. The Morgan fingerprint density at radius 3 is 2.81 bits per heavy atom. The third-order valence-corrected chi connectivity index (χ3v) is 3.63. The van der Waals surface area contributed by atoms with Crippen molar-refractivity contribution in [1.29, 1.82) is 0 Å². The maximum atomic E-state index is 11.9. The van der Waals surface area contributed by atoms with E-state index in [-0.39, 0.29) is 23.0 Å². The molecule has 3 atom stereocenters. The maximum Gasteiger partial charge on any atom is 0.239 e. The molecule has 0 aromatic rings. The molecule has 4 nitrogen and oxygen atoms in total. The molecular formula is C11H18N2O2S. The average Bonchev–Trinajstić information content (AvgIpc) is 2.26. The largest absolute Gasteiger partial charge is 0.342 e. The van der Waals surface area contributed by atoms with Crippen LogP contribution in [0.25, 0.3) is 0 Å². The highest BCUT2D eigenvalue weighted by Crippen LogP contribution is 2.18. The van der Waals surface area contributed by atoms with Crippen molar-refractivity contribution in [2.45, 2.75) is 32.4 Å². The molecule has 0 radical (unpaired) electrons. The smallest absolute Gasteiger partial charge is 0.239 e. The third kappa shape index (κ3) is 2.61. The van der Waals surface area contributed by atoms with Crippen molar-refractivity contribution in [3.05, 3.63) is 0 Å². The number of amides is 1. The molecule has 1 unspecified atom stereocenters. The van der Waals surface area contributed by atoms with Crippen molar-refractivity contribution in [1.82, 2.24) is 10.2 Å². The van der Waals surface area contributed by atoms with Crippen LogP contribution in [0.3, 0.4) is 0 Å². The number of carbonyl (C=O) groups excluding carboxylic acids is 2. The standard InChI is InChI=1S/C11H18N2O2S/c1-5-7(2)9-10(14)12-8(6-13(9)3)11(15)16-4/h4,7-9H,5-6H2,1-3H3,(H,12,14)/t7?,8-,9+/m1/s1. The molecule has 1 amide bonds. The van der Waals surface area contributed by atoms with Crippen LogP contribution in [-0.4, -0.2) is 41.6 Å². The summed E-state index contributed by atoms with van der Waals surface area (Å²) in [5, 5.41) is 2.54. The van der Waals surface area contributed by atoms with Gasteiger partial charge in [0, 0.05) is 6.54 Å². The summed E-state index contributed by atoms with van der Waals surface area (Å²) >= 11 is 0.670. The molecule has 1 fully saturated rings. The molecule has 0 spiro atoms. The van der Waals surface area contributed by atoms with Crippen LogP contribution in [0.1, 0.15) is 20.3 Å². The Morgan fingerprint density at radius 1 is 1.75 bits per heavy atom. The zero-order valence-electron chi connectivity index (χ0n) is 9.90. The van der Waals surface area contributed by atoms with Gasteiger partial charge in [0.15, 0.2) is 0 Å². The van der Waals surface area contributed by atoms with E-state index < -0.39 is 6.04 Å². The zero-order chi connectivity index (χ0) is 12.3. The first kappa shape index (κ1) is 13.2. The van der Waals surface area contributed by atoms with Crippen molar-refractivity contribution in [2.24, 2.45) is 5.92 Å². The second-order valence-corrected chi connectivity index (χ2v) is 4.91. The first-order valence-corrected chi connectivity index (χ1v) is 6.30. The molecule has 0 saturated carbocycles. The fourth-order valence-corrected chi connectivity index (χ4v) is 2.33. The summed E-state index contributed by atoms with van der Waals surface area (Å²) < 4.78 is 0. The van der Waals surface area contributed by atoms with Crippen LogP contribution in [0.4, 0.5) is 0 Å². The van der Waals surface area contributed by atoms with Crippen molar-refractivity contribution in [3.8, 4) is 5.69 Å². The van der Waals surface area contributed by atoms with Crippen LogP contribution in [0.5, 0.6) is 0 Å². The Hall–Kier alpha value is -0.900. The van der Waals surface area contributed by atoms with E-state index in [9.17, 15) is 9.59 Å². The van der Waals surface area contributed by atoms with E-state index >= 15 is 0 Å². The fraction of sp³-hybridized carbons (Fsp3) is 0.727. The minimum Gasteiger partial charge on any atom is -0.342 e. The van der Waals surface area contributed by atoms with Gasteiger partial charge in [0.25, 0.3) is 0 Å². The lowest BCUT2D eigenvalue weighted by Crippen LogP contribution is -2.62. The van der Waals surface area contributed by atoms with Crippen molar-refractivity contribution in [3.63, 3.8) is 0 Å². The summed E-state index contributed by atoms with van der Waals surface area (Å²) in [7, 11) is 1.87. The minimum atomic E-state index is -0.479. The van der Waals surface area contributed by atoms with Gasteiger partial charge in [-0.05, 0) is 13.0 Å². The molecule has 0 aliphatic carbocycles. The number of likely N-dealkylation sites (N-methyl/N-ethyl adjacent to an activating group) is 1. The molecule has 0 aromatic carbocycles. The van der Waals surface area contributed by atoms with E-state index in [1.165, 1.54) is 0 Å². The Kier molecular flexibility index (Phi) is 4.47. The predicted molar refractivity (Wildman–Crippen MR) is 65.3 cm³/mol. The molecule has 1 aliphatic rings. The van der Waals surface area contributed by atoms with Gasteiger partial charge in [-0.1, -0.05) is 37.1 Å². The number of carbonyl (C=O) groups is 2. The average molecular weight is 242 g/mol. The quantitative estimate of drug-likeness (QED) is 0.792. The second kappa shape index (κ2) is 5.43. The van der Waals surface area contributed by atoms with Crippen LogP contribution in [0, 0.1) is 11.6 Å². The number of rotatable bonds is 3. The highest BCUT2D eigenvalue weighted by atomic mass is 32.1. The van der Waals surface area contributed by atoms with Crippen LogP contribution in [0.2, 0.25) is 0 Å². The molecule has 5 heteroatoms. The van der Waals surface area contributed by atoms with Crippen LogP contribution in [0.15, 0.2) is 0 Å². The van der Waals surface area contributed by atoms with Gasteiger partial charge in [-0.2, -0.15) is 0 Å². The Morgan fingerprint density at radius 2 is 2.38 bits per heavy atom. The lowest BCUT2D eigenvalue weighted by atomic mass is 9.94. The van der Waals surface area contributed by atoms with Gasteiger partial charge >= 0.3 is 0 Å². The lowest BCUT2D eigenvalue weighted by Gasteiger charge is -2.38. The van der Waals surface area contributed by atoms with Gasteiger partial charge in [0.2, 0.25) is 11.0 Å². The maximum absolute atomic E-state index is 11.9. The minimum absolute atomic E-state index is 0.0736. The summed E-state index contributed by atoms with van der Waals surface area (Å²) in [6.07, 6.45) is 0.937. The monoisotopic (exact) mass is 242 g/mol. The van der Waals surface area contributed by atoms with E-state index in [1.54, 1.807) is 0 Å². The van der Waals surface area contributed by atoms with Gasteiger partial charge in [0.1, 0.15) is 6.04 Å². The lowest BCUT2D eigenvalue weighted by molar-refractivity contribution is -0.134. The van der Waals surface area contributed by atoms with Gasteiger partial charge in [-0.15, -0.1) is 0 Å². The Bertz CT molecular complexity index is 337. The van der Waals surface area contributed by atoms with Crippen molar-refractivity contribution in [2.75, 3.05) is 13.6 Å². The first-order valence-electron chi connectivity index (χ1n) is 5.42. The van der Waals surface area contributed by atoms with E-state index in [4.69, 9.17) is 5.69 Å². The Balaban J connectivity index is 2.76. The van der Waals surface area contributed by atoms with Gasteiger partial charge in [-0.25, -0.2) is 0 Å². The fourth-order valence-electron chi connectivity index (χ4n) is 2.04. The number of piperazine rings is 1. The predicted octanol–water partition coefficient (Wildman–Crippen LogP) is 0.680. The SMILES string of the molecule is C#SC(=O)[C@H]1CN(C)[C@@H](C(C)CC)C(=O)N1. The number of hydrogen-bond acceptors (Lipinski definition) is 3. The van der Waals surface area contributed by atoms with Crippen molar-refractivity contribution >= 4 is 22.2 Å². The molecular weight excluding hydrogens is 224 g/mol. The van der Waals surface area contributed by atoms with Crippen LogP contribution >= 0.6 is 11.2 Å². The summed E-state index contributed by atoms with van der Waals surface area (Å²) in [6.45, 7) is 4.63. The zero-order valence-corrected chi connectivity index (χ0v) is 10.7. The molecule has 1 N–H and O–H groups in total. The third-order valence-electron chi connectivity index (χ3n) is 3.11. The molecule has 1 aliphatic heterocycles. The molecule has 0 bridgehead atoms. The number of hydrogen-bond donors (Lipinski definition) is 1. The summed E-state index contributed by atoms with van der Waals surface area (Å²) in [5.74, 6) is 0.210. The summed E-state index contributed by atoms with van der Waals surface area (Å²) in [4.78, 5) is 25.2. The van der Waals surface area contributed by atoms with E-state index in [2.05, 4.69) is 12.2 Å².